The molecule has 0 radical (unpaired) electrons. The van der Waals surface area contributed by atoms with Gasteiger partial charge in [0, 0.05) is 11.3 Å². The van der Waals surface area contributed by atoms with Gasteiger partial charge in [-0.25, -0.2) is 0 Å². The average Bonchev–Trinajstić information content (AvgIpc) is 2.39. The van der Waals surface area contributed by atoms with E-state index in [9.17, 15) is 0 Å². The molecule has 2 nitrogen and oxygen atoms in total. The van der Waals surface area contributed by atoms with Crippen molar-refractivity contribution in [2.75, 3.05) is 5.75 Å². The third kappa shape index (κ3) is 3.66. The van der Waals surface area contributed by atoms with E-state index in [0.29, 0.717) is 5.25 Å². The lowest BCUT2D eigenvalue weighted by atomic mass is 10.0. The summed E-state index contributed by atoms with van der Waals surface area (Å²) < 4.78 is 5.65. The number of benzene rings is 1. The summed E-state index contributed by atoms with van der Waals surface area (Å²) in [6.07, 6.45) is 4.13. The summed E-state index contributed by atoms with van der Waals surface area (Å²) in [5, 5.41) is 0.579. The second-order valence-electron chi connectivity index (χ2n) is 5.17. The van der Waals surface area contributed by atoms with Gasteiger partial charge in [-0.15, -0.1) is 0 Å². The van der Waals surface area contributed by atoms with E-state index in [1.165, 1.54) is 30.6 Å². The Kier molecular flexibility index (Phi) is 4.95. The molecule has 0 aliphatic carbocycles. The molecule has 3 heteroatoms. The van der Waals surface area contributed by atoms with E-state index in [0.717, 1.165) is 5.75 Å². The van der Waals surface area contributed by atoms with Crippen LogP contribution in [0.4, 0.5) is 0 Å². The van der Waals surface area contributed by atoms with Gasteiger partial charge in [0.1, 0.15) is 5.75 Å². The predicted octanol–water partition coefficient (Wildman–Crippen LogP) is 3.76. The lowest BCUT2D eigenvalue weighted by molar-refractivity contribution is 0.242. The van der Waals surface area contributed by atoms with Gasteiger partial charge in [0.2, 0.25) is 0 Å². The third-order valence-electron chi connectivity index (χ3n) is 3.25. The maximum absolute atomic E-state index is 6.36. The molecule has 0 bridgehead atoms. The minimum atomic E-state index is 0.156. The molecule has 0 amide bonds. The van der Waals surface area contributed by atoms with Gasteiger partial charge < -0.3 is 10.5 Å². The molecule has 1 aromatic rings. The Balaban J connectivity index is 1.99. The van der Waals surface area contributed by atoms with Gasteiger partial charge in [-0.1, -0.05) is 18.6 Å². The summed E-state index contributed by atoms with van der Waals surface area (Å²) >= 11 is 2.02. The zero-order chi connectivity index (χ0) is 13.0. The standard InChI is InChI=1S/C15H23NOS/c1-11(2)17-13-8-6-12(7-9-13)15(16)14-5-3-4-10-18-14/h6-9,11,14-15H,3-5,10,16H2,1-2H3. The molecule has 0 spiro atoms. The Hall–Kier alpha value is -0.670. The molecule has 2 atom stereocenters. The Morgan fingerprint density at radius 3 is 2.50 bits per heavy atom. The van der Waals surface area contributed by atoms with Crippen LogP contribution in [0, 0.1) is 0 Å². The lowest BCUT2D eigenvalue weighted by Crippen LogP contribution is -2.26. The van der Waals surface area contributed by atoms with Crippen LogP contribution in [0.25, 0.3) is 0 Å². The zero-order valence-corrected chi connectivity index (χ0v) is 12.1. The summed E-state index contributed by atoms with van der Waals surface area (Å²) in [5.41, 5.74) is 7.59. The molecule has 1 saturated heterocycles. The molecular weight excluding hydrogens is 242 g/mol. The average molecular weight is 265 g/mol. The van der Waals surface area contributed by atoms with Gasteiger partial charge in [0.15, 0.2) is 0 Å². The number of nitrogens with two attached hydrogens (primary N) is 1. The SMILES string of the molecule is CC(C)Oc1ccc(C(N)C2CCCCS2)cc1. The van der Waals surface area contributed by atoms with Gasteiger partial charge in [0.25, 0.3) is 0 Å². The monoisotopic (exact) mass is 265 g/mol. The van der Waals surface area contributed by atoms with Crippen molar-refractivity contribution in [1.29, 1.82) is 0 Å². The number of rotatable bonds is 4. The summed E-state index contributed by atoms with van der Waals surface area (Å²) in [7, 11) is 0. The van der Waals surface area contributed by atoms with Crippen molar-refractivity contribution in [2.45, 2.75) is 50.5 Å². The minimum absolute atomic E-state index is 0.156. The number of ether oxygens (including phenoxy) is 1. The predicted molar refractivity (Wildman–Crippen MR) is 79.2 cm³/mol. The zero-order valence-electron chi connectivity index (χ0n) is 11.3. The van der Waals surface area contributed by atoms with Crippen molar-refractivity contribution in [1.82, 2.24) is 0 Å². The van der Waals surface area contributed by atoms with Gasteiger partial charge in [0.05, 0.1) is 6.10 Å². The quantitative estimate of drug-likeness (QED) is 0.900. The summed E-state index contributed by atoms with van der Waals surface area (Å²) in [4.78, 5) is 0. The first-order valence-electron chi connectivity index (χ1n) is 6.80. The molecule has 0 saturated carbocycles. The summed E-state index contributed by atoms with van der Waals surface area (Å²) in [6, 6.07) is 8.43. The number of hydrogen-bond acceptors (Lipinski definition) is 3. The molecular formula is C15H23NOS. The molecule has 2 N–H and O–H groups in total. The number of thioether (sulfide) groups is 1. The number of hydrogen-bond donors (Lipinski definition) is 1. The Labute approximate surface area is 114 Å². The Morgan fingerprint density at radius 1 is 1.22 bits per heavy atom. The van der Waals surface area contributed by atoms with Crippen LogP contribution in [0.2, 0.25) is 0 Å². The lowest BCUT2D eigenvalue weighted by Gasteiger charge is -2.27. The van der Waals surface area contributed by atoms with Crippen LogP contribution in [0.5, 0.6) is 5.75 Å². The fraction of sp³-hybridized carbons (Fsp3) is 0.600. The third-order valence-corrected chi connectivity index (χ3v) is 4.73. The second kappa shape index (κ2) is 6.48. The maximum Gasteiger partial charge on any atom is 0.119 e. The van der Waals surface area contributed by atoms with E-state index in [-0.39, 0.29) is 12.1 Å². The highest BCUT2D eigenvalue weighted by Crippen LogP contribution is 2.33. The van der Waals surface area contributed by atoms with Crippen LogP contribution in [0.3, 0.4) is 0 Å². The van der Waals surface area contributed by atoms with Crippen LogP contribution >= 0.6 is 11.8 Å². The topological polar surface area (TPSA) is 35.2 Å². The molecule has 18 heavy (non-hydrogen) atoms. The van der Waals surface area contributed by atoms with E-state index in [4.69, 9.17) is 10.5 Å². The molecule has 1 aliphatic heterocycles. The van der Waals surface area contributed by atoms with Crippen LogP contribution in [0.15, 0.2) is 24.3 Å². The van der Waals surface area contributed by atoms with Crippen molar-refractivity contribution in [3.63, 3.8) is 0 Å². The molecule has 1 aliphatic rings. The van der Waals surface area contributed by atoms with Gasteiger partial charge in [-0.3, -0.25) is 0 Å². The highest BCUT2D eigenvalue weighted by molar-refractivity contribution is 8.00. The van der Waals surface area contributed by atoms with Crippen molar-refractivity contribution in [3.05, 3.63) is 29.8 Å². The van der Waals surface area contributed by atoms with Crippen LogP contribution in [-0.4, -0.2) is 17.1 Å². The molecule has 2 unspecified atom stereocenters. The maximum atomic E-state index is 6.36. The molecule has 0 aromatic heterocycles. The molecule has 1 heterocycles. The molecule has 2 rings (SSSR count). The van der Waals surface area contributed by atoms with Gasteiger partial charge in [-0.2, -0.15) is 11.8 Å². The normalized spacial score (nSPS) is 21.9. The van der Waals surface area contributed by atoms with E-state index < -0.39 is 0 Å². The van der Waals surface area contributed by atoms with Gasteiger partial charge >= 0.3 is 0 Å². The fourth-order valence-electron chi connectivity index (χ4n) is 2.30. The first-order valence-corrected chi connectivity index (χ1v) is 7.85. The largest absolute Gasteiger partial charge is 0.491 e. The highest BCUT2D eigenvalue weighted by Gasteiger charge is 2.22. The van der Waals surface area contributed by atoms with E-state index in [2.05, 4.69) is 12.1 Å². The first-order chi connectivity index (χ1) is 8.66. The van der Waals surface area contributed by atoms with Crippen molar-refractivity contribution in [2.24, 2.45) is 5.73 Å². The van der Waals surface area contributed by atoms with Crippen molar-refractivity contribution in [3.8, 4) is 5.75 Å². The highest BCUT2D eigenvalue weighted by atomic mass is 32.2. The van der Waals surface area contributed by atoms with Crippen LogP contribution < -0.4 is 10.5 Å². The smallest absolute Gasteiger partial charge is 0.119 e. The molecule has 1 fully saturated rings. The fourth-order valence-corrected chi connectivity index (χ4v) is 3.68. The van der Waals surface area contributed by atoms with E-state index in [1.54, 1.807) is 0 Å². The first kappa shape index (κ1) is 13.8. The van der Waals surface area contributed by atoms with Crippen LogP contribution in [-0.2, 0) is 0 Å². The van der Waals surface area contributed by atoms with Crippen LogP contribution in [0.1, 0.15) is 44.7 Å². The minimum Gasteiger partial charge on any atom is -0.491 e. The summed E-state index contributed by atoms with van der Waals surface area (Å²) in [6.45, 7) is 4.08. The van der Waals surface area contributed by atoms with Crippen molar-refractivity contribution < 1.29 is 4.74 Å². The summed E-state index contributed by atoms with van der Waals surface area (Å²) in [5.74, 6) is 2.18. The Bertz CT molecular complexity index is 357. The second-order valence-corrected chi connectivity index (χ2v) is 6.51. The van der Waals surface area contributed by atoms with Gasteiger partial charge in [-0.05, 0) is 50.1 Å². The molecule has 100 valence electrons. The van der Waals surface area contributed by atoms with E-state index >= 15 is 0 Å². The van der Waals surface area contributed by atoms with E-state index in [1.807, 2.05) is 37.7 Å². The Morgan fingerprint density at radius 2 is 1.94 bits per heavy atom. The molecule has 1 aromatic carbocycles. The van der Waals surface area contributed by atoms with Crippen molar-refractivity contribution >= 4 is 11.8 Å².